The van der Waals surface area contributed by atoms with Gasteiger partial charge in [0, 0.05) is 24.5 Å². The average Bonchev–Trinajstić information content (AvgIpc) is 2.26. The molecular formula is C12H25N3O. The lowest BCUT2D eigenvalue weighted by atomic mass is 10.0. The Morgan fingerprint density at radius 2 is 2.19 bits per heavy atom. The molecule has 3 unspecified atom stereocenters. The molecule has 0 bridgehead atoms. The number of carbonyl (C=O) groups is 1. The van der Waals surface area contributed by atoms with Gasteiger partial charge in [0.15, 0.2) is 0 Å². The molecule has 0 aliphatic carbocycles. The second kappa shape index (κ2) is 6.21. The number of amides is 1. The molecule has 0 aromatic rings. The van der Waals surface area contributed by atoms with Gasteiger partial charge < -0.3 is 16.0 Å². The predicted molar refractivity (Wildman–Crippen MR) is 66.1 cm³/mol. The normalized spacial score (nSPS) is 26.1. The second-order valence-electron chi connectivity index (χ2n) is 5.02. The van der Waals surface area contributed by atoms with Crippen LogP contribution in [-0.4, -0.2) is 43.0 Å². The monoisotopic (exact) mass is 227 g/mol. The molecule has 1 heterocycles. The predicted octanol–water partition coefficient (Wildman–Crippen LogP) is 0.570. The quantitative estimate of drug-likeness (QED) is 0.738. The first-order chi connectivity index (χ1) is 7.52. The Labute approximate surface area is 98.6 Å². The first-order valence-electron chi connectivity index (χ1n) is 6.26. The highest BCUT2D eigenvalue weighted by atomic mass is 16.1. The lowest BCUT2D eigenvalue weighted by molar-refractivity contribution is -0.125. The third-order valence-electron chi connectivity index (χ3n) is 3.64. The molecule has 3 atom stereocenters. The zero-order valence-corrected chi connectivity index (χ0v) is 10.7. The van der Waals surface area contributed by atoms with Crippen molar-refractivity contribution in [3.8, 4) is 0 Å². The minimum Gasteiger partial charge on any atom is -0.354 e. The van der Waals surface area contributed by atoms with Gasteiger partial charge in [0.2, 0.25) is 5.91 Å². The number of nitrogens with two attached hydrogens (primary N) is 1. The van der Waals surface area contributed by atoms with Crippen LogP contribution in [0.15, 0.2) is 0 Å². The van der Waals surface area contributed by atoms with E-state index in [2.05, 4.69) is 17.3 Å². The van der Waals surface area contributed by atoms with Crippen molar-refractivity contribution in [1.82, 2.24) is 10.2 Å². The van der Waals surface area contributed by atoms with Crippen molar-refractivity contribution in [3.05, 3.63) is 0 Å². The van der Waals surface area contributed by atoms with E-state index in [4.69, 9.17) is 5.73 Å². The van der Waals surface area contributed by atoms with Crippen LogP contribution in [0.25, 0.3) is 0 Å². The number of hydrogen-bond donors (Lipinski definition) is 2. The third kappa shape index (κ3) is 3.76. The minimum atomic E-state index is -0.103. The number of rotatable bonds is 4. The topological polar surface area (TPSA) is 58.4 Å². The molecule has 16 heavy (non-hydrogen) atoms. The summed E-state index contributed by atoms with van der Waals surface area (Å²) in [6.45, 7) is 5.65. The van der Waals surface area contributed by atoms with E-state index in [1.807, 2.05) is 13.8 Å². The SMILES string of the molecule is CC(N)C(C)C(=O)NCC1CCCCN1C. The molecule has 1 aliphatic heterocycles. The summed E-state index contributed by atoms with van der Waals surface area (Å²) in [7, 11) is 2.13. The van der Waals surface area contributed by atoms with Crippen LogP contribution in [0.2, 0.25) is 0 Å². The van der Waals surface area contributed by atoms with E-state index in [0.29, 0.717) is 6.04 Å². The summed E-state index contributed by atoms with van der Waals surface area (Å²) in [6.07, 6.45) is 3.73. The van der Waals surface area contributed by atoms with Gasteiger partial charge in [0.05, 0.1) is 0 Å². The Balaban J connectivity index is 2.30. The molecule has 0 saturated carbocycles. The molecule has 0 spiro atoms. The summed E-state index contributed by atoms with van der Waals surface area (Å²) in [5, 5.41) is 3.00. The number of piperidine rings is 1. The van der Waals surface area contributed by atoms with E-state index >= 15 is 0 Å². The second-order valence-corrected chi connectivity index (χ2v) is 5.02. The lowest BCUT2D eigenvalue weighted by Gasteiger charge is -2.32. The van der Waals surface area contributed by atoms with Crippen molar-refractivity contribution in [3.63, 3.8) is 0 Å². The zero-order chi connectivity index (χ0) is 12.1. The summed E-state index contributed by atoms with van der Waals surface area (Å²) in [6, 6.07) is 0.419. The van der Waals surface area contributed by atoms with Gasteiger partial charge in [0.1, 0.15) is 0 Å². The van der Waals surface area contributed by atoms with Crippen molar-refractivity contribution >= 4 is 5.91 Å². The smallest absolute Gasteiger partial charge is 0.224 e. The van der Waals surface area contributed by atoms with Crippen LogP contribution >= 0.6 is 0 Å². The average molecular weight is 227 g/mol. The molecule has 0 aromatic heterocycles. The Kier molecular flexibility index (Phi) is 5.22. The van der Waals surface area contributed by atoms with Crippen LogP contribution in [0.4, 0.5) is 0 Å². The Morgan fingerprint density at radius 3 is 2.75 bits per heavy atom. The lowest BCUT2D eigenvalue weighted by Crippen LogP contribution is -2.47. The van der Waals surface area contributed by atoms with Crippen LogP contribution in [0.3, 0.4) is 0 Å². The highest BCUT2D eigenvalue weighted by Crippen LogP contribution is 2.14. The Bertz CT molecular complexity index is 230. The fourth-order valence-electron chi connectivity index (χ4n) is 2.02. The van der Waals surface area contributed by atoms with Crippen molar-refractivity contribution in [1.29, 1.82) is 0 Å². The van der Waals surface area contributed by atoms with Gasteiger partial charge in [-0.05, 0) is 33.4 Å². The molecule has 1 saturated heterocycles. The maximum atomic E-state index is 11.7. The number of nitrogens with zero attached hydrogens (tertiary/aromatic N) is 1. The molecule has 4 heteroatoms. The van der Waals surface area contributed by atoms with Crippen LogP contribution < -0.4 is 11.1 Å². The van der Waals surface area contributed by atoms with Gasteiger partial charge in [-0.15, -0.1) is 0 Å². The van der Waals surface area contributed by atoms with Gasteiger partial charge in [-0.25, -0.2) is 0 Å². The maximum Gasteiger partial charge on any atom is 0.224 e. The van der Waals surface area contributed by atoms with Gasteiger partial charge in [-0.3, -0.25) is 4.79 Å². The van der Waals surface area contributed by atoms with Gasteiger partial charge >= 0.3 is 0 Å². The molecule has 4 nitrogen and oxygen atoms in total. The third-order valence-corrected chi connectivity index (χ3v) is 3.64. The number of likely N-dealkylation sites (tertiary alicyclic amines) is 1. The molecule has 0 radical (unpaired) electrons. The number of carbonyl (C=O) groups excluding carboxylic acids is 1. The molecule has 0 aromatic carbocycles. The van der Waals surface area contributed by atoms with Crippen LogP contribution in [0, 0.1) is 5.92 Å². The highest BCUT2D eigenvalue weighted by molar-refractivity contribution is 5.78. The van der Waals surface area contributed by atoms with Crippen molar-refractivity contribution in [2.24, 2.45) is 11.7 Å². The highest BCUT2D eigenvalue weighted by Gasteiger charge is 2.21. The Morgan fingerprint density at radius 1 is 1.50 bits per heavy atom. The Hall–Kier alpha value is -0.610. The maximum absolute atomic E-state index is 11.7. The van der Waals surface area contributed by atoms with E-state index in [1.165, 1.54) is 19.3 Å². The minimum absolute atomic E-state index is 0.0778. The largest absolute Gasteiger partial charge is 0.354 e. The van der Waals surface area contributed by atoms with Crippen molar-refractivity contribution in [2.75, 3.05) is 20.1 Å². The van der Waals surface area contributed by atoms with Gasteiger partial charge in [-0.2, -0.15) is 0 Å². The number of likely N-dealkylation sites (N-methyl/N-ethyl adjacent to an activating group) is 1. The van der Waals surface area contributed by atoms with E-state index in [1.54, 1.807) is 0 Å². The molecule has 3 N–H and O–H groups in total. The fraction of sp³-hybridized carbons (Fsp3) is 0.917. The van der Waals surface area contributed by atoms with Crippen molar-refractivity contribution < 1.29 is 4.79 Å². The molecule has 1 rings (SSSR count). The van der Waals surface area contributed by atoms with Crippen LogP contribution in [0.1, 0.15) is 33.1 Å². The van der Waals surface area contributed by atoms with E-state index in [-0.39, 0.29) is 17.9 Å². The van der Waals surface area contributed by atoms with Crippen LogP contribution in [0.5, 0.6) is 0 Å². The van der Waals surface area contributed by atoms with E-state index in [0.717, 1.165) is 13.1 Å². The first kappa shape index (κ1) is 13.5. The van der Waals surface area contributed by atoms with Gasteiger partial charge in [-0.1, -0.05) is 13.3 Å². The summed E-state index contributed by atoms with van der Waals surface area (Å²) in [4.78, 5) is 14.1. The standard InChI is InChI=1S/C12H25N3O/c1-9(10(2)13)12(16)14-8-11-6-4-5-7-15(11)3/h9-11H,4-8,13H2,1-3H3,(H,14,16). The summed E-state index contributed by atoms with van der Waals surface area (Å²) >= 11 is 0. The molecule has 1 amide bonds. The first-order valence-corrected chi connectivity index (χ1v) is 6.26. The zero-order valence-electron chi connectivity index (χ0n) is 10.7. The molecule has 1 aliphatic rings. The molecule has 1 fully saturated rings. The summed E-state index contributed by atoms with van der Waals surface area (Å²) in [5.74, 6) is -0.0251. The summed E-state index contributed by atoms with van der Waals surface area (Å²) in [5.41, 5.74) is 5.70. The molecular weight excluding hydrogens is 202 g/mol. The van der Waals surface area contributed by atoms with Crippen LogP contribution in [-0.2, 0) is 4.79 Å². The van der Waals surface area contributed by atoms with E-state index < -0.39 is 0 Å². The summed E-state index contributed by atoms with van der Waals surface area (Å²) < 4.78 is 0. The number of nitrogens with one attached hydrogen (secondary N) is 1. The van der Waals surface area contributed by atoms with E-state index in [9.17, 15) is 4.79 Å². The molecule has 94 valence electrons. The van der Waals surface area contributed by atoms with Gasteiger partial charge in [0.25, 0.3) is 0 Å². The fourth-order valence-corrected chi connectivity index (χ4v) is 2.02. The number of hydrogen-bond acceptors (Lipinski definition) is 3. The van der Waals surface area contributed by atoms with Crippen molar-refractivity contribution in [2.45, 2.75) is 45.2 Å².